The number of rotatable bonds is 7. The van der Waals surface area contributed by atoms with Gasteiger partial charge >= 0.3 is 26.2 Å². The Bertz CT molecular complexity index is 185. The van der Waals surface area contributed by atoms with Gasteiger partial charge in [0.15, 0.2) is 0 Å². The molecule has 7 heteroatoms. The van der Waals surface area contributed by atoms with Gasteiger partial charge in [-0.2, -0.15) is 0 Å². The Kier molecular flexibility index (Phi) is 56.8. The van der Waals surface area contributed by atoms with Gasteiger partial charge in [-0.3, -0.25) is 4.79 Å². The van der Waals surface area contributed by atoms with E-state index in [0.29, 0.717) is 12.8 Å². The molecule has 0 aromatic carbocycles. The van der Waals surface area contributed by atoms with Crippen molar-refractivity contribution in [2.24, 2.45) is 0 Å². The van der Waals surface area contributed by atoms with Crippen LogP contribution in [0, 0.1) is 0 Å². The number of carbonyl (C=O) groups is 2. The van der Waals surface area contributed by atoms with Crippen LogP contribution in [0.5, 0.6) is 0 Å². The normalized spacial score (nSPS) is 7.77. The molecule has 130 valence electrons. The van der Waals surface area contributed by atoms with Crippen LogP contribution in [0.1, 0.15) is 66.2 Å². The second-order valence-corrected chi connectivity index (χ2v) is 3.95. The van der Waals surface area contributed by atoms with E-state index in [1.807, 2.05) is 27.7 Å². The maximum Gasteiger partial charge on any atom is 4.00 e. The standard InChI is InChI=1S/C6H10O3.3C3H7O.Zr/c1-2-3-5(7)4-6(8)9;3*1-2-3-4;/h2-4H2,1H3,(H,8,9);3*2-3H2,1H3;/q;3*-1;+4/p-1. The minimum atomic E-state index is -1.28. The fraction of sp³-hybridized carbons (Fsp3) is 0.867. The first-order chi connectivity index (χ1) is 9.91. The second kappa shape index (κ2) is 37.3. The van der Waals surface area contributed by atoms with Gasteiger partial charge in [0, 0.05) is 18.8 Å². The van der Waals surface area contributed by atoms with Crippen molar-refractivity contribution in [3.05, 3.63) is 0 Å². The Hall–Kier alpha value is -0.0969. The molecule has 0 heterocycles. The van der Waals surface area contributed by atoms with Crippen LogP contribution in [0.15, 0.2) is 0 Å². The Balaban J connectivity index is -0.0000000632. The first kappa shape index (κ1) is 33.5. The van der Waals surface area contributed by atoms with Crippen molar-refractivity contribution < 1.29 is 56.2 Å². The SMILES string of the molecule is CCCC(=O)CC(=O)[O-].CCC[O-].CCC[O-].CCC[O-].[Zr+4]. The van der Waals surface area contributed by atoms with Gasteiger partial charge in [-0.05, 0) is 6.42 Å². The number of aliphatic carboxylic acids is 1. The van der Waals surface area contributed by atoms with Crippen molar-refractivity contribution in [2.75, 3.05) is 19.8 Å². The van der Waals surface area contributed by atoms with Crippen molar-refractivity contribution in [3.63, 3.8) is 0 Å². The molecular weight excluding hydrogens is 367 g/mol. The van der Waals surface area contributed by atoms with Crippen molar-refractivity contribution in [1.82, 2.24) is 0 Å². The van der Waals surface area contributed by atoms with Crippen LogP contribution in [0.4, 0.5) is 0 Å². The van der Waals surface area contributed by atoms with Gasteiger partial charge in [0.05, 0.1) is 0 Å². The monoisotopic (exact) mass is 396 g/mol. The Labute approximate surface area is 154 Å². The average Bonchev–Trinajstić information content (AvgIpc) is 2.47. The largest absolute Gasteiger partial charge is 4.00 e. The van der Waals surface area contributed by atoms with Crippen molar-refractivity contribution in [3.8, 4) is 0 Å². The third kappa shape index (κ3) is 72.5. The Morgan fingerprint density at radius 1 is 0.727 bits per heavy atom. The zero-order valence-corrected chi connectivity index (χ0v) is 16.8. The zero-order chi connectivity index (χ0) is 17.5. The molecule has 0 aromatic heterocycles. The number of Topliss-reactive ketones (excluding diaryl/α,β-unsaturated/α-hetero) is 1. The quantitative estimate of drug-likeness (QED) is 0.495. The molecule has 0 N–H and O–H groups in total. The summed E-state index contributed by atoms with van der Waals surface area (Å²) in [6.45, 7) is 7.64. The van der Waals surface area contributed by atoms with E-state index in [9.17, 15) is 30.0 Å². The van der Waals surface area contributed by atoms with Crippen LogP contribution in [0.3, 0.4) is 0 Å². The molecule has 0 fully saturated rings. The number of ketones is 1. The van der Waals surface area contributed by atoms with Gasteiger partial charge in [-0.1, -0.05) is 47.0 Å². The molecule has 0 spiro atoms. The molecule has 0 aliphatic rings. The predicted octanol–water partition coefficient (Wildman–Crippen LogP) is -1.24. The molecule has 6 nitrogen and oxygen atoms in total. The summed E-state index contributed by atoms with van der Waals surface area (Å²) >= 11 is 0. The molecule has 0 amide bonds. The fourth-order valence-corrected chi connectivity index (χ4v) is 0.528. The maximum absolute atomic E-state index is 10.4. The summed E-state index contributed by atoms with van der Waals surface area (Å²) in [6.07, 6.45) is 2.90. The fourth-order valence-electron chi connectivity index (χ4n) is 0.528. The molecule has 0 bridgehead atoms. The van der Waals surface area contributed by atoms with Crippen LogP contribution in [-0.4, -0.2) is 31.6 Å². The van der Waals surface area contributed by atoms with Crippen LogP contribution in [-0.2, 0) is 35.8 Å². The van der Waals surface area contributed by atoms with E-state index in [1.54, 1.807) is 0 Å². The minimum absolute atomic E-state index is 0. The summed E-state index contributed by atoms with van der Waals surface area (Å²) in [5.41, 5.74) is 0. The summed E-state index contributed by atoms with van der Waals surface area (Å²) in [7, 11) is 0. The summed E-state index contributed by atoms with van der Waals surface area (Å²) in [4.78, 5) is 20.2. The molecule has 0 aliphatic heterocycles. The molecule has 0 atom stereocenters. The van der Waals surface area contributed by atoms with E-state index in [-0.39, 0.29) is 51.8 Å². The molecule has 22 heavy (non-hydrogen) atoms. The number of hydrogen-bond donors (Lipinski definition) is 0. The Morgan fingerprint density at radius 3 is 1.14 bits per heavy atom. The summed E-state index contributed by atoms with van der Waals surface area (Å²) in [5, 5.41) is 37.6. The van der Waals surface area contributed by atoms with Crippen LogP contribution in [0.2, 0.25) is 0 Å². The number of carboxylic acids is 1. The van der Waals surface area contributed by atoms with Crippen LogP contribution in [0.25, 0.3) is 0 Å². The van der Waals surface area contributed by atoms with E-state index in [1.165, 1.54) is 0 Å². The maximum atomic E-state index is 10.4. The molecule has 0 saturated carbocycles. The van der Waals surface area contributed by atoms with Crippen molar-refractivity contribution in [2.45, 2.75) is 66.2 Å². The molecule has 0 radical (unpaired) electrons. The van der Waals surface area contributed by atoms with E-state index < -0.39 is 12.4 Å². The van der Waals surface area contributed by atoms with Gasteiger partial charge in [0.25, 0.3) is 0 Å². The van der Waals surface area contributed by atoms with E-state index in [2.05, 4.69) is 0 Å². The van der Waals surface area contributed by atoms with Gasteiger partial charge in [0.1, 0.15) is 5.78 Å². The first-order valence-electron chi connectivity index (χ1n) is 7.37. The molecule has 0 saturated heterocycles. The molecule has 0 unspecified atom stereocenters. The third-order valence-electron chi connectivity index (χ3n) is 1.48. The molecule has 0 rings (SSSR count). The topological polar surface area (TPSA) is 126 Å². The van der Waals surface area contributed by atoms with Gasteiger partial charge in [-0.15, -0.1) is 19.8 Å². The number of carbonyl (C=O) groups excluding carboxylic acids is 2. The summed E-state index contributed by atoms with van der Waals surface area (Å²) < 4.78 is 0. The molecule has 0 aromatic rings. The molecule has 0 aliphatic carbocycles. The van der Waals surface area contributed by atoms with E-state index in [0.717, 1.165) is 19.3 Å². The minimum Gasteiger partial charge on any atom is -0.854 e. The Morgan fingerprint density at radius 2 is 1.00 bits per heavy atom. The van der Waals surface area contributed by atoms with E-state index in [4.69, 9.17) is 0 Å². The smallest absolute Gasteiger partial charge is 0.854 e. The predicted molar refractivity (Wildman–Crippen MR) is 75.0 cm³/mol. The second-order valence-electron chi connectivity index (χ2n) is 3.95. The van der Waals surface area contributed by atoms with Crippen LogP contribution < -0.4 is 20.4 Å². The van der Waals surface area contributed by atoms with Gasteiger partial charge < -0.3 is 25.2 Å². The average molecular weight is 398 g/mol. The molecular formula is C15H30O6Zr. The summed E-state index contributed by atoms with van der Waals surface area (Å²) in [5.74, 6) is -1.54. The van der Waals surface area contributed by atoms with Crippen molar-refractivity contribution in [1.29, 1.82) is 0 Å². The van der Waals surface area contributed by atoms with Gasteiger partial charge in [-0.25, -0.2) is 0 Å². The zero-order valence-electron chi connectivity index (χ0n) is 14.3. The number of hydrogen-bond acceptors (Lipinski definition) is 6. The van der Waals surface area contributed by atoms with E-state index >= 15 is 0 Å². The first-order valence-corrected chi connectivity index (χ1v) is 7.37. The van der Waals surface area contributed by atoms with Crippen molar-refractivity contribution >= 4 is 11.8 Å². The third-order valence-corrected chi connectivity index (χ3v) is 1.48. The number of carboxylic acid groups (broad SMARTS) is 1. The summed E-state index contributed by atoms with van der Waals surface area (Å²) in [6, 6.07) is 0. The van der Waals surface area contributed by atoms with Crippen LogP contribution >= 0.6 is 0 Å². The van der Waals surface area contributed by atoms with Gasteiger partial charge in [0.2, 0.25) is 0 Å².